The molecule has 9 heteroatoms. The molecule has 8 nitrogen and oxygen atoms in total. The van der Waals surface area contributed by atoms with Gasteiger partial charge in [0.05, 0.1) is 12.0 Å². The van der Waals surface area contributed by atoms with E-state index < -0.39 is 16.1 Å². The third-order valence-electron chi connectivity index (χ3n) is 5.62. The fourth-order valence-electron chi connectivity index (χ4n) is 3.76. The van der Waals surface area contributed by atoms with E-state index >= 15 is 0 Å². The molecule has 1 atom stereocenters. The number of rotatable bonds is 13. The SMILES string of the molecule is CC[C@@H](C(=O)NC(C)C)N(Cc1cccc(OC)c1)C(=O)CCCN(C)S(=O)(=O)c1ccccc1. The molecule has 0 aliphatic heterocycles. The van der Waals surface area contributed by atoms with Gasteiger partial charge in [0.1, 0.15) is 11.8 Å². The van der Waals surface area contributed by atoms with Crippen LogP contribution in [0.15, 0.2) is 59.5 Å². The van der Waals surface area contributed by atoms with Gasteiger partial charge in [-0.15, -0.1) is 0 Å². The Bertz CT molecular complexity index is 1070. The summed E-state index contributed by atoms with van der Waals surface area (Å²) in [6.07, 6.45) is 0.902. The summed E-state index contributed by atoms with van der Waals surface area (Å²) in [6.45, 7) is 6.06. The zero-order chi connectivity index (χ0) is 26.0. The maximum atomic E-state index is 13.3. The van der Waals surface area contributed by atoms with Crippen LogP contribution in [0.25, 0.3) is 0 Å². The number of amides is 2. The second-order valence-electron chi connectivity index (χ2n) is 8.70. The van der Waals surface area contributed by atoms with E-state index in [0.29, 0.717) is 18.6 Å². The number of carbonyl (C=O) groups excluding carboxylic acids is 2. The highest BCUT2D eigenvalue weighted by atomic mass is 32.2. The van der Waals surface area contributed by atoms with Crippen LogP contribution in [0, 0.1) is 0 Å². The summed E-state index contributed by atoms with van der Waals surface area (Å²) >= 11 is 0. The molecule has 0 saturated heterocycles. The molecule has 2 aromatic carbocycles. The van der Waals surface area contributed by atoms with E-state index in [-0.39, 0.29) is 42.3 Å². The first-order chi connectivity index (χ1) is 16.6. The molecule has 0 unspecified atom stereocenters. The summed E-state index contributed by atoms with van der Waals surface area (Å²) in [7, 11) is -0.549. The van der Waals surface area contributed by atoms with Crippen molar-refractivity contribution in [3.8, 4) is 5.75 Å². The number of carbonyl (C=O) groups is 2. The van der Waals surface area contributed by atoms with E-state index in [1.807, 2.05) is 45.0 Å². The van der Waals surface area contributed by atoms with Gasteiger partial charge in [0, 0.05) is 32.6 Å². The monoisotopic (exact) mass is 503 g/mol. The molecule has 0 heterocycles. The van der Waals surface area contributed by atoms with Crippen molar-refractivity contribution in [3.63, 3.8) is 0 Å². The van der Waals surface area contributed by atoms with Crippen LogP contribution in [0.4, 0.5) is 0 Å². The normalized spacial score (nSPS) is 12.4. The Balaban J connectivity index is 2.15. The Morgan fingerprint density at radius 3 is 2.34 bits per heavy atom. The van der Waals surface area contributed by atoms with Crippen LogP contribution >= 0.6 is 0 Å². The molecule has 0 saturated carbocycles. The predicted octanol–water partition coefficient (Wildman–Crippen LogP) is 3.43. The molecule has 2 aromatic rings. The van der Waals surface area contributed by atoms with Gasteiger partial charge in [-0.2, -0.15) is 0 Å². The Morgan fingerprint density at radius 1 is 1.06 bits per heavy atom. The lowest BCUT2D eigenvalue weighted by Gasteiger charge is -2.31. The number of ether oxygens (including phenoxy) is 1. The highest BCUT2D eigenvalue weighted by Gasteiger charge is 2.29. The summed E-state index contributed by atoms with van der Waals surface area (Å²) in [4.78, 5) is 28.0. The smallest absolute Gasteiger partial charge is 0.243 e. The molecule has 0 aliphatic rings. The first-order valence-electron chi connectivity index (χ1n) is 11.8. The first kappa shape index (κ1) is 28.3. The minimum Gasteiger partial charge on any atom is -0.497 e. The standard InChI is InChI=1S/C26H37N3O5S/c1-6-24(26(31)27-20(2)3)29(19-21-12-10-13-22(18-21)34-5)25(30)16-11-17-28(4)35(32,33)23-14-8-7-9-15-23/h7-10,12-15,18,20,24H,6,11,16-17,19H2,1-5H3,(H,27,31)/t24-/m0/s1. The van der Waals surface area contributed by atoms with Crippen molar-refractivity contribution in [1.29, 1.82) is 0 Å². The van der Waals surface area contributed by atoms with Crippen LogP contribution in [0.3, 0.4) is 0 Å². The quantitative estimate of drug-likeness (QED) is 0.452. The summed E-state index contributed by atoms with van der Waals surface area (Å²) in [6, 6.07) is 14.9. The first-order valence-corrected chi connectivity index (χ1v) is 13.3. The molecule has 0 fully saturated rings. The van der Waals surface area contributed by atoms with Gasteiger partial charge in [0.15, 0.2) is 0 Å². The highest BCUT2D eigenvalue weighted by molar-refractivity contribution is 7.89. The van der Waals surface area contributed by atoms with Gasteiger partial charge < -0.3 is 15.0 Å². The van der Waals surface area contributed by atoms with E-state index in [2.05, 4.69) is 5.32 Å². The molecule has 2 amide bonds. The average Bonchev–Trinajstić information content (AvgIpc) is 2.83. The fourth-order valence-corrected chi connectivity index (χ4v) is 4.99. The Kier molecular flexibility index (Phi) is 10.7. The Morgan fingerprint density at radius 2 is 1.74 bits per heavy atom. The molecule has 0 aliphatic carbocycles. The van der Waals surface area contributed by atoms with Gasteiger partial charge in [0.2, 0.25) is 21.8 Å². The summed E-state index contributed by atoms with van der Waals surface area (Å²) < 4.78 is 32.1. The number of benzene rings is 2. The van der Waals surface area contributed by atoms with Crippen LogP contribution in [0.2, 0.25) is 0 Å². The van der Waals surface area contributed by atoms with Crippen LogP contribution in [0.5, 0.6) is 5.75 Å². The molecule has 192 valence electrons. The minimum atomic E-state index is -3.63. The number of hydrogen-bond acceptors (Lipinski definition) is 5. The maximum Gasteiger partial charge on any atom is 0.243 e. The van der Waals surface area contributed by atoms with Gasteiger partial charge >= 0.3 is 0 Å². The molecule has 2 rings (SSSR count). The Hall–Kier alpha value is -2.91. The second kappa shape index (κ2) is 13.3. The lowest BCUT2D eigenvalue weighted by Crippen LogP contribution is -2.50. The molecule has 0 spiro atoms. The van der Waals surface area contributed by atoms with E-state index in [4.69, 9.17) is 4.74 Å². The van der Waals surface area contributed by atoms with Crippen LogP contribution in [-0.2, 0) is 26.2 Å². The van der Waals surface area contributed by atoms with Gasteiger partial charge in [-0.25, -0.2) is 12.7 Å². The van der Waals surface area contributed by atoms with Gasteiger partial charge in [-0.1, -0.05) is 37.3 Å². The minimum absolute atomic E-state index is 0.0536. The topological polar surface area (TPSA) is 96.0 Å². The van der Waals surface area contributed by atoms with Crippen LogP contribution in [0.1, 0.15) is 45.6 Å². The van der Waals surface area contributed by atoms with Crippen molar-refractivity contribution >= 4 is 21.8 Å². The summed E-state index contributed by atoms with van der Waals surface area (Å²) in [5.74, 6) is 0.258. The van der Waals surface area contributed by atoms with E-state index in [1.54, 1.807) is 42.3 Å². The number of nitrogens with one attached hydrogen (secondary N) is 1. The van der Waals surface area contributed by atoms with Gasteiger partial charge in [-0.3, -0.25) is 9.59 Å². The Labute approximate surface area is 209 Å². The third-order valence-corrected chi connectivity index (χ3v) is 7.49. The lowest BCUT2D eigenvalue weighted by atomic mass is 10.1. The van der Waals surface area contributed by atoms with Crippen molar-refractivity contribution in [3.05, 3.63) is 60.2 Å². The lowest BCUT2D eigenvalue weighted by molar-refractivity contribution is -0.141. The molecule has 35 heavy (non-hydrogen) atoms. The maximum absolute atomic E-state index is 13.3. The van der Waals surface area contributed by atoms with Gasteiger partial charge in [0.25, 0.3) is 0 Å². The molecular formula is C26H37N3O5S. The molecular weight excluding hydrogens is 466 g/mol. The van der Waals surface area contributed by atoms with E-state index in [9.17, 15) is 18.0 Å². The van der Waals surface area contributed by atoms with E-state index in [1.165, 1.54) is 11.4 Å². The predicted molar refractivity (Wildman–Crippen MR) is 136 cm³/mol. The van der Waals surface area contributed by atoms with Crippen molar-refractivity contribution < 1.29 is 22.7 Å². The molecule has 1 N–H and O–H groups in total. The number of sulfonamides is 1. The van der Waals surface area contributed by atoms with Crippen LogP contribution in [-0.4, -0.2) is 62.2 Å². The molecule has 0 aromatic heterocycles. The van der Waals surface area contributed by atoms with Gasteiger partial charge in [-0.05, 0) is 56.5 Å². The summed E-state index contributed by atoms with van der Waals surface area (Å²) in [5.41, 5.74) is 0.845. The average molecular weight is 504 g/mol. The zero-order valence-corrected chi connectivity index (χ0v) is 22.0. The summed E-state index contributed by atoms with van der Waals surface area (Å²) in [5, 5.41) is 2.90. The van der Waals surface area contributed by atoms with E-state index in [0.717, 1.165) is 5.56 Å². The zero-order valence-electron chi connectivity index (χ0n) is 21.2. The molecule has 0 radical (unpaired) electrons. The van der Waals surface area contributed by atoms with Crippen LogP contribution < -0.4 is 10.1 Å². The van der Waals surface area contributed by atoms with Crippen molar-refractivity contribution in [2.75, 3.05) is 20.7 Å². The largest absolute Gasteiger partial charge is 0.497 e. The molecule has 0 bridgehead atoms. The number of hydrogen-bond donors (Lipinski definition) is 1. The third kappa shape index (κ3) is 8.07. The highest BCUT2D eigenvalue weighted by Crippen LogP contribution is 2.19. The number of nitrogens with zero attached hydrogens (tertiary/aromatic N) is 2. The van der Waals surface area contributed by atoms with Crippen molar-refractivity contribution in [1.82, 2.24) is 14.5 Å². The number of methoxy groups -OCH3 is 1. The second-order valence-corrected chi connectivity index (χ2v) is 10.7. The van der Waals surface area contributed by atoms with Crippen molar-refractivity contribution in [2.24, 2.45) is 0 Å². The fraction of sp³-hybridized carbons (Fsp3) is 0.462. The van der Waals surface area contributed by atoms with Crippen molar-refractivity contribution in [2.45, 2.75) is 63.6 Å².